The van der Waals surface area contributed by atoms with Gasteiger partial charge in [-0.2, -0.15) is 0 Å². The monoisotopic (exact) mass is 576 g/mol. The number of carboxylic acids is 1. The van der Waals surface area contributed by atoms with Crippen LogP contribution in [0.3, 0.4) is 0 Å². The molecule has 33 heavy (non-hydrogen) atoms. The smallest absolute Gasteiger partial charge is 0.307 e. The van der Waals surface area contributed by atoms with Crippen LogP contribution in [0.5, 0.6) is 0 Å². The highest BCUT2D eigenvalue weighted by atomic mass is 127. The molecule has 3 unspecified atom stereocenters. The van der Waals surface area contributed by atoms with E-state index in [0.717, 1.165) is 8.47 Å². The molecule has 3 atom stereocenters. The van der Waals surface area contributed by atoms with Crippen LogP contribution in [-0.2, 0) is 19.2 Å². The number of nitrogens with zero attached hydrogens (tertiary/aromatic N) is 1. The summed E-state index contributed by atoms with van der Waals surface area (Å²) >= 11 is 3.48. The van der Waals surface area contributed by atoms with Crippen molar-refractivity contribution in [2.24, 2.45) is 11.8 Å². The molecule has 9 heteroatoms. The average molecular weight is 576 g/mol. The first-order chi connectivity index (χ1) is 15.8. The molecule has 4 rings (SSSR count). The Hall–Kier alpha value is -2.66. The van der Waals surface area contributed by atoms with Crippen LogP contribution in [0, 0.1) is 15.4 Å². The maximum atomic E-state index is 12.9. The van der Waals surface area contributed by atoms with E-state index in [4.69, 9.17) is 0 Å². The van der Waals surface area contributed by atoms with Crippen molar-refractivity contribution in [1.82, 2.24) is 0 Å². The molecule has 2 aliphatic rings. The molecule has 2 N–H and O–H groups in total. The molecule has 0 saturated carbocycles. The lowest BCUT2D eigenvalue weighted by Gasteiger charge is -2.24. The number of carbonyl (C=O) groups is 4. The van der Waals surface area contributed by atoms with E-state index in [1.54, 1.807) is 42.5 Å². The zero-order chi connectivity index (χ0) is 23.5. The molecule has 3 amide bonds. The van der Waals surface area contributed by atoms with E-state index in [2.05, 4.69) is 27.9 Å². The van der Waals surface area contributed by atoms with E-state index in [9.17, 15) is 24.3 Å². The normalized spacial score (nSPS) is 22.5. The highest BCUT2D eigenvalue weighted by Crippen LogP contribution is 2.35. The maximum absolute atomic E-state index is 12.9. The summed E-state index contributed by atoms with van der Waals surface area (Å²) in [6.45, 7) is 0. The summed E-state index contributed by atoms with van der Waals surface area (Å²) in [6, 6.07) is 14.2. The second-order valence-electron chi connectivity index (χ2n) is 7.86. The third-order valence-electron chi connectivity index (χ3n) is 5.68. The Kier molecular flexibility index (Phi) is 7.18. The molecular weight excluding hydrogens is 555 g/mol. The minimum atomic E-state index is -0.971. The zero-order valence-corrected chi connectivity index (χ0v) is 20.4. The number of thioether (sulfide) groups is 1. The van der Waals surface area contributed by atoms with Gasteiger partial charge < -0.3 is 10.4 Å². The van der Waals surface area contributed by atoms with E-state index in [1.807, 2.05) is 18.2 Å². The van der Waals surface area contributed by atoms with Crippen LogP contribution >= 0.6 is 34.4 Å². The number of carbonyl (C=O) groups excluding carboxylic acids is 3. The predicted octanol–water partition coefficient (Wildman–Crippen LogP) is 4.32. The fraction of sp³-hybridized carbons (Fsp3) is 0.250. The minimum Gasteiger partial charge on any atom is -0.481 e. The van der Waals surface area contributed by atoms with Crippen LogP contribution in [0.4, 0.5) is 11.4 Å². The molecule has 1 fully saturated rings. The van der Waals surface area contributed by atoms with Gasteiger partial charge in [0.1, 0.15) is 0 Å². The molecule has 0 bridgehead atoms. The van der Waals surface area contributed by atoms with Gasteiger partial charge in [0.2, 0.25) is 17.7 Å². The van der Waals surface area contributed by atoms with E-state index in [0.29, 0.717) is 24.2 Å². The lowest BCUT2D eigenvalue weighted by Crippen LogP contribution is -2.34. The Morgan fingerprint density at radius 1 is 0.970 bits per heavy atom. The number of aliphatic carboxylic acids is 1. The number of hydrogen-bond acceptors (Lipinski definition) is 5. The number of rotatable bonds is 6. The largest absolute Gasteiger partial charge is 0.481 e. The summed E-state index contributed by atoms with van der Waals surface area (Å²) in [5, 5.41) is 11.6. The number of nitrogens with one attached hydrogen (secondary N) is 1. The summed E-state index contributed by atoms with van der Waals surface area (Å²) in [7, 11) is 0. The molecule has 2 aromatic carbocycles. The molecular formula is C24H21IN2O5S. The standard InChI is InChI=1S/C24H21IN2O5S/c25-14-5-9-16(10-6-14)27-21(28)13-20(23(27)30)33-17-11-7-15(8-12-17)26-22(29)18-3-1-2-4-19(18)24(31)32/h1-2,5-12,18-20H,3-4,13H2,(H,26,29)(H,31,32). The Bertz CT molecular complexity index is 1120. The molecule has 170 valence electrons. The first-order valence-corrected chi connectivity index (χ1v) is 12.4. The van der Waals surface area contributed by atoms with Gasteiger partial charge in [-0.15, -0.1) is 11.8 Å². The molecule has 1 heterocycles. The van der Waals surface area contributed by atoms with Crippen molar-refractivity contribution in [3.8, 4) is 0 Å². The molecule has 1 aliphatic heterocycles. The Morgan fingerprint density at radius 3 is 2.24 bits per heavy atom. The Labute approximate surface area is 208 Å². The van der Waals surface area contributed by atoms with Crippen molar-refractivity contribution in [3.05, 3.63) is 64.3 Å². The molecule has 1 saturated heterocycles. The zero-order valence-electron chi connectivity index (χ0n) is 17.4. The Balaban J connectivity index is 1.39. The molecule has 0 radical (unpaired) electrons. The SMILES string of the molecule is O=C(O)C1CC=CCC1C(=O)Nc1ccc(SC2CC(=O)N(c3ccc(I)cc3)C2=O)cc1. The molecule has 0 aromatic heterocycles. The van der Waals surface area contributed by atoms with E-state index in [-0.39, 0.29) is 24.1 Å². The molecule has 2 aromatic rings. The van der Waals surface area contributed by atoms with E-state index in [1.165, 1.54) is 16.7 Å². The van der Waals surface area contributed by atoms with Gasteiger partial charge in [0, 0.05) is 20.6 Å². The van der Waals surface area contributed by atoms with Crippen molar-refractivity contribution < 1.29 is 24.3 Å². The van der Waals surface area contributed by atoms with Crippen LogP contribution in [0.15, 0.2) is 65.6 Å². The van der Waals surface area contributed by atoms with Gasteiger partial charge in [0.15, 0.2) is 0 Å². The fourth-order valence-electron chi connectivity index (χ4n) is 3.95. The van der Waals surface area contributed by atoms with Gasteiger partial charge in [-0.25, -0.2) is 4.90 Å². The minimum absolute atomic E-state index is 0.125. The van der Waals surface area contributed by atoms with Gasteiger partial charge >= 0.3 is 5.97 Å². The van der Waals surface area contributed by atoms with Crippen LogP contribution < -0.4 is 10.2 Å². The quantitative estimate of drug-likeness (QED) is 0.302. The number of imide groups is 1. The van der Waals surface area contributed by atoms with E-state index < -0.39 is 23.1 Å². The summed E-state index contributed by atoms with van der Waals surface area (Å²) in [6.07, 6.45) is 4.49. The summed E-state index contributed by atoms with van der Waals surface area (Å²) in [5.74, 6) is -3.10. The third kappa shape index (κ3) is 5.30. The third-order valence-corrected chi connectivity index (χ3v) is 7.59. The fourth-order valence-corrected chi connectivity index (χ4v) is 5.36. The van der Waals surface area contributed by atoms with Crippen LogP contribution in [-0.4, -0.2) is 34.0 Å². The summed E-state index contributed by atoms with van der Waals surface area (Å²) in [4.78, 5) is 51.4. The van der Waals surface area contributed by atoms with Gasteiger partial charge in [-0.1, -0.05) is 12.2 Å². The number of halogens is 1. The molecule has 0 spiro atoms. The van der Waals surface area contributed by atoms with Crippen molar-refractivity contribution in [3.63, 3.8) is 0 Å². The van der Waals surface area contributed by atoms with E-state index >= 15 is 0 Å². The van der Waals surface area contributed by atoms with Crippen LogP contribution in [0.25, 0.3) is 0 Å². The van der Waals surface area contributed by atoms with Crippen molar-refractivity contribution in [2.45, 2.75) is 29.4 Å². The van der Waals surface area contributed by atoms with Crippen LogP contribution in [0.2, 0.25) is 0 Å². The average Bonchev–Trinajstić information content (AvgIpc) is 3.08. The first-order valence-electron chi connectivity index (χ1n) is 10.4. The van der Waals surface area contributed by atoms with Gasteiger partial charge in [-0.3, -0.25) is 19.2 Å². The number of carboxylic acid groups (broad SMARTS) is 1. The maximum Gasteiger partial charge on any atom is 0.307 e. The topological polar surface area (TPSA) is 104 Å². The first kappa shape index (κ1) is 23.5. The number of allylic oxidation sites excluding steroid dienone is 2. The van der Waals surface area contributed by atoms with Crippen molar-refractivity contribution in [2.75, 3.05) is 10.2 Å². The number of benzene rings is 2. The lowest BCUT2D eigenvalue weighted by atomic mass is 9.82. The van der Waals surface area contributed by atoms with Crippen molar-refractivity contribution in [1.29, 1.82) is 0 Å². The predicted molar refractivity (Wildman–Crippen MR) is 134 cm³/mol. The summed E-state index contributed by atoms with van der Waals surface area (Å²) in [5.41, 5.74) is 1.13. The van der Waals surface area contributed by atoms with Gasteiger partial charge in [-0.05, 0) is 84.0 Å². The van der Waals surface area contributed by atoms with Crippen molar-refractivity contribution >= 4 is 69.4 Å². The highest BCUT2D eigenvalue weighted by molar-refractivity contribution is 14.1. The number of amides is 3. The summed E-state index contributed by atoms with van der Waals surface area (Å²) < 4.78 is 1.02. The van der Waals surface area contributed by atoms with Crippen LogP contribution in [0.1, 0.15) is 19.3 Å². The Morgan fingerprint density at radius 2 is 1.61 bits per heavy atom. The number of hydrogen-bond donors (Lipinski definition) is 2. The lowest BCUT2D eigenvalue weighted by molar-refractivity contribution is -0.146. The van der Waals surface area contributed by atoms with Gasteiger partial charge in [0.25, 0.3) is 0 Å². The molecule has 1 aliphatic carbocycles. The number of anilines is 2. The highest BCUT2D eigenvalue weighted by Gasteiger charge is 2.40. The second kappa shape index (κ2) is 10.1. The second-order valence-corrected chi connectivity index (χ2v) is 10.4. The molecule has 7 nitrogen and oxygen atoms in total. The van der Waals surface area contributed by atoms with Gasteiger partial charge in [0.05, 0.1) is 22.8 Å².